The Morgan fingerprint density at radius 2 is 1.38 bits per heavy atom. The van der Waals surface area contributed by atoms with Gasteiger partial charge in [0.25, 0.3) is 0 Å². The Kier molecular flexibility index (Phi) is 12.2. The molecule has 0 aromatic rings. The van der Waals surface area contributed by atoms with Crippen LogP contribution >= 0.6 is 0 Å². The number of rotatable bonds is 5. The molecule has 0 bridgehead atoms. The number of carboxylic acid groups (broad SMARTS) is 2. The van der Waals surface area contributed by atoms with E-state index in [0.29, 0.717) is 6.42 Å². The van der Waals surface area contributed by atoms with Gasteiger partial charge in [-0.2, -0.15) is 0 Å². The highest BCUT2D eigenvalue weighted by atomic mass is 16.4. The highest BCUT2D eigenvalue weighted by Gasteiger charge is 1.80. The Morgan fingerprint density at radius 1 is 0.923 bits per heavy atom. The van der Waals surface area contributed by atoms with E-state index in [1.807, 2.05) is 6.92 Å². The highest BCUT2D eigenvalue weighted by Crippen LogP contribution is 1.89. The van der Waals surface area contributed by atoms with Crippen LogP contribution < -0.4 is 10.2 Å². The van der Waals surface area contributed by atoms with Gasteiger partial charge in [0, 0.05) is 11.9 Å². The van der Waals surface area contributed by atoms with Crippen LogP contribution in [-0.2, 0) is 9.59 Å². The fourth-order valence-electron chi connectivity index (χ4n) is 0.525. The molecular weight excluding hydrogens is 172 g/mol. The van der Waals surface area contributed by atoms with Gasteiger partial charge < -0.3 is 19.8 Å². The Labute approximate surface area is 78.6 Å². The van der Waals surface area contributed by atoms with Crippen molar-refractivity contribution in [2.75, 3.05) is 0 Å². The van der Waals surface area contributed by atoms with E-state index in [4.69, 9.17) is 0 Å². The molecule has 0 aliphatic rings. The van der Waals surface area contributed by atoms with Gasteiger partial charge in [-0.25, -0.2) is 0 Å². The van der Waals surface area contributed by atoms with Gasteiger partial charge in [-0.3, -0.25) is 0 Å². The monoisotopic (exact) mass is 188 g/mol. The van der Waals surface area contributed by atoms with Crippen molar-refractivity contribution in [1.29, 1.82) is 0 Å². The van der Waals surface area contributed by atoms with Crippen LogP contribution in [0.15, 0.2) is 0 Å². The van der Waals surface area contributed by atoms with E-state index < -0.39 is 11.9 Å². The number of carbonyl (C=O) groups excluding carboxylic acids is 2. The number of carboxylic acids is 2. The minimum atomic E-state index is -0.961. The second kappa shape index (κ2) is 10.9. The number of hydrogen-bond acceptors (Lipinski definition) is 4. The molecule has 0 N–H and O–H groups in total. The molecule has 4 heteroatoms. The summed E-state index contributed by atoms with van der Waals surface area (Å²) in [5, 5.41) is 19.1. The normalized spacial score (nSPS) is 8.46. The van der Waals surface area contributed by atoms with Crippen LogP contribution in [0.25, 0.3) is 0 Å². The highest BCUT2D eigenvalue weighted by molar-refractivity contribution is 5.64. The minimum absolute atomic E-state index is 0.181. The molecule has 0 aliphatic heterocycles. The van der Waals surface area contributed by atoms with E-state index in [1.54, 1.807) is 6.92 Å². The third kappa shape index (κ3) is 24.8. The van der Waals surface area contributed by atoms with Crippen molar-refractivity contribution in [3.63, 3.8) is 0 Å². The topological polar surface area (TPSA) is 80.3 Å². The number of unbranched alkanes of at least 4 members (excludes halogenated alkanes) is 1. The van der Waals surface area contributed by atoms with Crippen molar-refractivity contribution in [2.24, 2.45) is 0 Å². The van der Waals surface area contributed by atoms with Gasteiger partial charge in [0.2, 0.25) is 0 Å². The number of aliphatic carboxylic acids is 2. The maximum absolute atomic E-state index is 9.65. The predicted molar refractivity (Wildman–Crippen MR) is 44.4 cm³/mol. The molecule has 0 radical (unpaired) electrons. The fourth-order valence-corrected chi connectivity index (χ4v) is 0.525. The van der Waals surface area contributed by atoms with Gasteiger partial charge in [-0.1, -0.05) is 26.7 Å². The van der Waals surface area contributed by atoms with E-state index in [0.717, 1.165) is 12.8 Å². The summed E-state index contributed by atoms with van der Waals surface area (Å²) in [6.07, 6.45) is 2.72. The van der Waals surface area contributed by atoms with Gasteiger partial charge in [-0.15, -0.1) is 0 Å². The molecule has 0 saturated heterocycles. The second-order valence-corrected chi connectivity index (χ2v) is 2.60. The van der Waals surface area contributed by atoms with Crippen LogP contribution in [0.4, 0.5) is 0 Å². The van der Waals surface area contributed by atoms with Crippen LogP contribution in [0, 0.1) is 0 Å². The summed E-state index contributed by atoms with van der Waals surface area (Å²) in [5.74, 6) is -1.90. The summed E-state index contributed by atoms with van der Waals surface area (Å²) in [7, 11) is 0. The zero-order chi connectivity index (χ0) is 10.7. The molecule has 0 heterocycles. The average molecular weight is 188 g/mol. The first-order chi connectivity index (χ1) is 6.04. The van der Waals surface area contributed by atoms with Crippen molar-refractivity contribution in [3.05, 3.63) is 0 Å². The Balaban J connectivity index is 0. The number of carbonyl (C=O) groups is 2. The van der Waals surface area contributed by atoms with E-state index in [-0.39, 0.29) is 12.8 Å². The molecule has 0 spiro atoms. The van der Waals surface area contributed by atoms with Gasteiger partial charge >= 0.3 is 0 Å². The molecule has 13 heavy (non-hydrogen) atoms. The Hall–Kier alpha value is -1.06. The number of hydrogen-bond donors (Lipinski definition) is 0. The SMILES string of the molecule is CCCC(=O)[O-].CCCCC(=O)[O-]. The Morgan fingerprint density at radius 3 is 1.46 bits per heavy atom. The zero-order valence-electron chi connectivity index (χ0n) is 8.17. The average Bonchev–Trinajstić information content (AvgIpc) is 2.01. The first-order valence-electron chi connectivity index (χ1n) is 4.44. The van der Waals surface area contributed by atoms with Crippen molar-refractivity contribution in [3.8, 4) is 0 Å². The van der Waals surface area contributed by atoms with Crippen molar-refractivity contribution in [2.45, 2.75) is 46.0 Å². The second-order valence-electron chi connectivity index (χ2n) is 2.60. The molecule has 0 unspecified atom stereocenters. The maximum Gasteiger partial charge on any atom is 0.0414 e. The molecule has 0 aromatic carbocycles. The van der Waals surface area contributed by atoms with Crippen molar-refractivity contribution >= 4 is 11.9 Å². The molecule has 78 valence electrons. The van der Waals surface area contributed by atoms with Crippen LogP contribution in [-0.4, -0.2) is 11.9 Å². The van der Waals surface area contributed by atoms with Crippen LogP contribution in [0.5, 0.6) is 0 Å². The summed E-state index contributed by atoms with van der Waals surface area (Å²) in [6, 6.07) is 0. The molecule has 0 atom stereocenters. The Bertz CT molecular complexity index is 143. The summed E-state index contributed by atoms with van der Waals surface area (Å²) >= 11 is 0. The van der Waals surface area contributed by atoms with Gasteiger partial charge in [0.15, 0.2) is 0 Å². The lowest BCUT2D eigenvalue weighted by molar-refractivity contribution is -0.307. The first-order valence-corrected chi connectivity index (χ1v) is 4.44. The lowest BCUT2D eigenvalue weighted by Gasteiger charge is -1.95. The largest absolute Gasteiger partial charge is 0.550 e. The minimum Gasteiger partial charge on any atom is -0.550 e. The third-order valence-electron chi connectivity index (χ3n) is 1.19. The summed E-state index contributed by atoms with van der Waals surface area (Å²) < 4.78 is 0. The lowest BCUT2D eigenvalue weighted by atomic mass is 10.3. The van der Waals surface area contributed by atoms with Crippen LogP contribution in [0.2, 0.25) is 0 Å². The van der Waals surface area contributed by atoms with E-state index in [9.17, 15) is 19.8 Å². The van der Waals surface area contributed by atoms with Crippen LogP contribution in [0.3, 0.4) is 0 Å². The van der Waals surface area contributed by atoms with E-state index in [1.165, 1.54) is 0 Å². The standard InChI is InChI=1S/C5H10O2.C4H8O2/c1-2-3-4-5(6)7;1-2-3-4(5)6/h2-4H2,1H3,(H,6,7);2-3H2,1H3,(H,5,6)/p-2. The molecular formula is C9H16O4-2. The molecule has 0 rings (SSSR count). The molecule has 0 aliphatic carbocycles. The van der Waals surface area contributed by atoms with E-state index in [2.05, 4.69) is 0 Å². The lowest BCUT2D eigenvalue weighted by Crippen LogP contribution is -2.21. The van der Waals surface area contributed by atoms with Gasteiger partial charge in [0.05, 0.1) is 0 Å². The zero-order valence-corrected chi connectivity index (χ0v) is 8.17. The quantitative estimate of drug-likeness (QED) is 0.580. The smallest absolute Gasteiger partial charge is 0.0414 e. The van der Waals surface area contributed by atoms with E-state index >= 15 is 0 Å². The molecule has 0 aromatic heterocycles. The third-order valence-corrected chi connectivity index (χ3v) is 1.19. The summed E-state index contributed by atoms with van der Waals surface area (Å²) in [4.78, 5) is 19.1. The van der Waals surface area contributed by atoms with Crippen LogP contribution in [0.1, 0.15) is 46.0 Å². The van der Waals surface area contributed by atoms with Crippen molar-refractivity contribution in [1.82, 2.24) is 0 Å². The maximum atomic E-state index is 9.65. The van der Waals surface area contributed by atoms with Gasteiger partial charge in [0.1, 0.15) is 0 Å². The molecule has 0 amide bonds. The van der Waals surface area contributed by atoms with Crippen molar-refractivity contribution < 1.29 is 19.8 Å². The van der Waals surface area contributed by atoms with Gasteiger partial charge in [-0.05, 0) is 19.3 Å². The summed E-state index contributed by atoms with van der Waals surface area (Å²) in [6.45, 7) is 3.75. The predicted octanol–water partition coefficient (Wildman–Crippen LogP) is -0.537. The molecule has 0 saturated carbocycles. The molecule has 4 nitrogen and oxygen atoms in total. The first kappa shape index (κ1) is 14.5. The molecule has 0 fully saturated rings. The summed E-state index contributed by atoms with van der Waals surface area (Å²) in [5.41, 5.74) is 0. The fraction of sp³-hybridized carbons (Fsp3) is 0.778.